The highest BCUT2D eigenvalue weighted by Crippen LogP contribution is 2.24. The number of ether oxygens (including phenoxy) is 1. The number of benzene rings is 3. The van der Waals surface area contributed by atoms with Crippen LogP contribution in [0.25, 0.3) is 22.5 Å². The Kier molecular flexibility index (Phi) is 11.2. The summed E-state index contributed by atoms with van der Waals surface area (Å²) in [5.74, 6) is -0.419. The topological polar surface area (TPSA) is 136 Å². The van der Waals surface area contributed by atoms with E-state index in [1.807, 2.05) is 36.4 Å². The van der Waals surface area contributed by atoms with Crippen molar-refractivity contribution in [2.75, 3.05) is 12.9 Å². The van der Waals surface area contributed by atoms with Crippen molar-refractivity contribution in [1.82, 2.24) is 15.3 Å². The third-order valence-corrected chi connectivity index (χ3v) is 8.28. The minimum Gasteiger partial charge on any atom is -0.494 e. The summed E-state index contributed by atoms with van der Waals surface area (Å²) in [6, 6.07) is 19.2. The molecule has 0 spiro atoms. The van der Waals surface area contributed by atoms with Gasteiger partial charge >= 0.3 is 5.97 Å². The maximum Gasteiger partial charge on any atom is 0.326 e. The monoisotopic (exact) mass is 615 g/mol. The van der Waals surface area contributed by atoms with Crippen LogP contribution in [0.15, 0.2) is 90.1 Å². The van der Waals surface area contributed by atoms with Crippen molar-refractivity contribution in [3.05, 3.63) is 96.3 Å². The number of unbranched alkanes of at least 4 members (excludes halogenated alkanes) is 4. The number of rotatable bonds is 15. The molecule has 0 unspecified atom stereocenters. The van der Waals surface area contributed by atoms with E-state index in [0.29, 0.717) is 18.0 Å². The summed E-state index contributed by atoms with van der Waals surface area (Å²) in [4.78, 5) is 33.6. The number of aromatic nitrogens is 2. The average Bonchev–Trinajstić information content (AvgIpc) is 3.03. The molecule has 1 heterocycles. The predicted octanol–water partition coefficient (Wildman–Crippen LogP) is 5.99. The molecule has 0 fully saturated rings. The molecule has 1 atom stereocenters. The lowest BCUT2D eigenvalue weighted by molar-refractivity contribution is -0.139. The Morgan fingerprint density at radius 1 is 0.818 bits per heavy atom. The molecule has 0 aliphatic carbocycles. The first-order valence-corrected chi connectivity index (χ1v) is 16.5. The molecule has 3 aromatic carbocycles. The Balaban J connectivity index is 1.33. The van der Waals surface area contributed by atoms with Crippen molar-refractivity contribution in [2.24, 2.45) is 0 Å². The van der Waals surface area contributed by atoms with Crippen molar-refractivity contribution in [1.29, 1.82) is 0 Å². The van der Waals surface area contributed by atoms with Crippen LogP contribution in [-0.2, 0) is 21.1 Å². The van der Waals surface area contributed by atoms with Crippen LogP contribution < -0.4 is 10.1 Å². The molecule has 0 bridgehead atoms. The summed E-state index contributed by atoms with van der Waals surface area (Å²) in [5.41, 5.74) is 3.49. The van der Waals surface area contributed by atoms with E-state index < -0.39 is 27.8 Å². The molecule has 0 saturated carbocycles. The SMILES string of the molecule is CCCCCCCOc1ccc(-c2cnc(-c3ccc(C[C@H](NC(=O)c4ccc(S(C)(=O)=O)cc4)C(=O)O)cc3)nc2)cc1. The van der Waals surface area contributed by atoms with Gasteiger partial charge in [0.1, 0.15) is 11.8 Å². The van der Waals surface area contributed by atoms with E-state index in [2.05, 4.69) is 22.2 Å². The fourth-order valence-electron chi connectivity index (χ4n) is 4.59. The quantitative estimate of drug-likeness (QED) is 0.156. The lowest BCUT2D eigenvalue weighted by Gasteiger charge is -2.15. The second-order valence-corrected chi connectivity index (χ2v) is 12.7. The molecule has 230 valence electrons. The van der Waals surface area contributed by atoms with Crippen LogP contribution in [0.5, 0.6) is 5.75 Å². The number of amides is 1. The maximum atomic E-state index is 12.6. The van der Waals surface area contributed by atoms with Crippen molar-refractivity contribution in [2.45, 2.75) is 56.4 Å². The summed E-state index contributed by atoms with van der Waals surface area (Å²) in [6.07, 6.45) is 10.6. The van der Waals surface area contributed by atoms with Crippen LogP contribution in [-0.4, -0.2) is 54.3 Å². The van der Waals surface area contributed by atoms with Crippen LogP contribution in [0.1, 0.15) is 54.9 Å². The van der Waals surface area contributed by atoms with Crippen LogP contribution in [0.2, 0.25) is 0 Å². The molecule has 2 N–H and O–H groups in total. The van der Waals surface area contributed by atoms with Gasteiger partial charge in [-0.3, -0.25) is 4.79 Å². The van der Waals surface area contributed by atoms with E-state index in [9.17, 15) is 23.1 Å². The number of nitrogens with zero attached hydrogens (tertiary/aromatic N) is 2. The van der Waals surface area contributed by atoms with E-state index in [1.165, 1.54) is 49.9 Å². The molecule has 4 rings (SSSR count). The Morgan fingerprint density at radius 3 is 2.02 bits per heavy atom. The van der Waals surface area contributed by atoms with E-state index in [0.717, 1.165) is 35.1 Å². The van der Waals surface area contributed by atoms with Gasteiger partial charge in [-0.1, -0.05) is 69.0 Å². The molecule has 4 aromatic rings. The number of nitrogens with one attached hydrogen (secondary N) is 1. The molecule has 1 aromatic heterocycles. The van der Waals surface area contributed by atoms with E-state index in [1.54, 1.807) is 24.5 Å². The zero-order valence-corrected chi connectivity index (χ0v) is 25.7. The highest BCUT2D eigenvalue weighted by Gasteiger charge is 2.22. The van der Waals surface area contributed by atoms with Gasteiger partial charge in [-0.05, 0) is 53.9 Å². The molecule has 9 nitrogen and oxygen atoms in total. The van der Waals surface area contributed by atoms with Gasteiger partial charge in [0.15, 0.2) is 15.7 Å². The first-order valence-electron chi connectivity index (χ1n) is 14.6. The van der Waals surface area contributed by atoms with E-state index in [-0.39, 0.29) is 16.9 Å². The molecular formula is C34H37N3O6S. The number of carboxylic acids is 1. The smallest absolute Gasteiger partial charge is 0.326 e. The van der Waals surface area contributed by atoms with Crippen molar-refractivity contribution >= 4 is 21.7 Å². The number of carboxylic acid groups (broad SMARTS) is 1. The molecule has 44 heavy (non-hydrogen) atoms. The van der Waals surface area contributed by atoms with Crippen LogP contribution in [0.3, 0.4) is 0 Å². The number of sulfone groups is 1. The molecule has 0 radical (unpaired) electrons. The molecule has 0 saturated heterocycles. The van der Waals surface area contributed by atoms with Gasteiger partial charge < -0.3 is 15.2 Å². The summed E-state index contributed by atoms with van der Waals surface area (Å²) in [5, 5.41) is 12.2. The Bertz CT molecular complexity index is 1640. The third-order valence-electron chi connectivity index (χ3n) is 7.16. The van der Waals surface area contributed by atoms with Crippen LogP contribution >= 0.6 is 0 Å². The summed E-state index contributed by atoms with van der Waals surface area (Å²) < 4.78 is 29.1. The van der Waals surface area contributed by atoms with Gasteiger partial charge in [0.25, 0.3) is 5.91 Å². The Morgan fingerprint density at radius 2 is 1.43 bits per heavy atom. The fraction of sp³-hybridized carbons (Fsp3) is 0.294. The predicted molar refractivity (Wildman–Crippen MR) is 169 cm³/mol. The molecule has 10 heteroatoms. The summed E-state index contributed by atoms with van der Waals surface area (Å²) in [7, 11) is -3.41. The van der Waals surface area contributed by atoms with E-state index >= 15 is 0 Å². The van der Waals surface area contributed by atoms with Crippen LogP contribution in [0, 0.1) is 0 Å². The largest absolute Gasteiger partial charge is 0.494 e. The van der Waals surface area contributed by atoms with Crippen molar-refractivity contribution in [3.8, 4) is 28.3 Å². The van der Waals surface area contributed by atoms with Gasteiger partial charge in [-0.15, -0.1) is 0 Å². The normalized spacial score (nSPS) is 12.0. The number of hydrogen-bond acceptors (Lipinski definition) is 7. The molecule has 0 aliphatic rings. The van der Waals surface area contributed by atoms with Crippen LogP contribution in [0.4, 0.5) is 0 Å². The average molecular weight is 616 g/mol. The third kappa shape index (κ3) is 9.21. The fourth-order valence-corrected chi connectivity index (χ4v) is 5.22. The number of aliphatic carboxylic acids is 1. The lowest BCUT2D eigenvalue weighted by Crippen LogP contribution is -2.42. The highest BCUT2D eigenvalue weighted by atomic mass is 32.2. The lowest BCUT2D eigenvalue weighted by atomic mass is 10.0. The maximum absolute atomic E-state index is 12.6. The first-order chi connectivity index (χ1) is 21.1. The van der Waals surface area contributed by atoms with Crippen molar-refractivity contribution < 1.29 is 27.9 Å². The standard InChI is InChI=1S/C34H37N3O6S/c1-3-4-5-6-7-20-43-29-16-12-25(13-17-29)28-22-35-32(36-23-28)26-10-8-24(9-11-26)21-31(34(39)40)37-33(38)27-14-18-30(19-15-27)44(2,41)42/h8-19,22-23,31H,3-7,20-21H2,1-2H3,(H,37,38)(H,39,40)/t31-/m0/s1. The molecule has 1 amide bonds. The second kappa shape index (κ2) is 15.2. The summed E-state index contributed by atoms with van der Waals surface area (Å²) >= 11 is 0. The van der Waals surface area contributed by atoms with Gasteiger partial charge in [0.05, 0.1) is 11.5 Å². The molecular weight excluding hydrogens is 578 g/mol. The number of carbonyl (C=O) groups excluding carboxylic acids is 1. The first kappa shape index (κ1) is 32.3. The van der Waals surface area contributed by atoms with Gasteiger partial charge in [-0.2, -0.15) is 0 Å². The van der Waals surface area contributed by atoms with E-state index in [4.69, 9.17) is 4.74 Å². The highest BCUT2D eigenvalue weighted by molar-refractivity contribution is 7.90. The Labute approximate surface area is 258 Å². The molecule has 0 aliphatic heterocycles. The van der Waals surface area contributed by atoms with Crippen molar-refractivity contribution in [3.63, 3.8) is 0 Å². The number of carbonyl (C=O) groups is 2. The summed E-state index contributed by atoms with van der Waals surface area (Å²) in [6.45, 7) is 2.92. The van der Waals surface area contributed by atoms with Gasteiger partial charge in [-0.25, -0.2) is 23.2 Å². The minimum absolute atomic E-state index is 0.0567. The Hall–Kier alpha value is -4.57. The second-order valence-electron chi connectivity index (χ2n) is 10.6. The zero-order chi connectivity index (χ0) is 31.5. The van der Waals surface area contributed by atoms with Gasteiger partial charge in [0.2, 0.25) is 0 Å². The number of hydrogen-bond donors (Lipinski definition) is 2. The zero-order valence-electron chi connectivity index (χ0n) is 24.9. The minimum atomic E-state index is -3.41. The van der Waals surface area contributed by atoms with Gasteiger partial charge in [0, 0.05) is 41.8 Å².